The molecule has 2 rings (SSSR count). The predicted octanol–water partition coefficient (Wildman–Crippen LogP) is 4.04. The normalized spacial score (nSPS) is 10.3. The number of carbonyl (C=O) groups excluding carboxylic acids is 1. The molecular weight excluding hydrogens is 220 g/mol. The highest BCUT2D eigenvalue weighted by molar-refractivity contribution is 6.09. The van der Waals surface area contributed by atoms with Crippen molar-refractivity contribution in [1.82, 2.24) is 0 Å². The lowest BCUT2D eigenvalue weighted by Gasteiger charge is -2.09. The third-order valence-electron chi connectivity index (χ3n) is 3.24. The van der Waals surface area contributed by atoms with Gasteiger partial charge in [-0.3, -0.25) is 4.79 Å². The highest BCUT2D eigenvalue weighted by atomic mass is 16.1. The number of aryl methyl sites for hydroxylation is 2. The Balaban J connectivity index is 2.42. The van der Waals surface area contributed by atoms with Crippen LogP contribution in [0.5, 0.6) is 0 Å². The van der Waals surface area contributed by atoms with Crippen LogP contribution in [-0.2, 0) is 12.8 Å². The number of benzene rings is 2. The van der Waals surface area contributed by atoms with Crippen LogP contribution in [0.25, 0.3) is 0 Å². The number of hydrogen-bond donors (Lipinski definition) is 0. The molecule has 18 heavy (non-hydrogen) atoms. The van der Waals surface area contributed by atoms with E-state index in [1.54, 1.807) is 0 Å². The van der Waals surface area contributed by atoms with Crippen LogP contribution in [0.1, 0.15) is 40.9 Å². The summed E-state index contributed by atoms with van der Waals surface area (Å²) in [6.45, 7) is 4.23. The lowest BCUT2D eigenvalue weighted by Crippen LogP contribution is -2.05. The minimum atomic E-state index is 0.120. The highest BCUT2D eigenvalue weighted by Gasteiger charge is 2.12. The summed E-state index contributed by atoms with van der Waals surface area (Å²) in [7, 11) is 0. The van der Waals surface area contributed by atoms with E-state index in [9.17, 15) is 4.79 Å². The first kappa shape index (κ1) is 12.6. The van der Waals surface area contributed by atoms with E-state index in [1.165, 1.54) is 5.56 Å². The van der Waals surface area contributed by atoms with E-state index < -0.39 is 0 Å². The third kappa shape index (κ3) is 2.51. The molecule has 0 saturated heterocycles. The van der Waals surface area contributed by atoms with E-state index in [0.717, 1.165) is 29.5 Å². The zero-order valence-corrected chi connectivity index (χ0v) is 10.9. The molecule has 2 aromatic carbocycles. The van der Waals surface area contributed by atoms with Gasteiger partial charge in [-0.05, 0) is 24.0 Å². The van der Waals surface area contributed by atoms with E-state index >= 15 is 0 Å². The van der Waals surface area contributed by atoms with E-state index in [0.29, 0.717) is 0 Å². The van der Waals surface area contributed by atoms with Crippen molar-refractivity contribution in [3.63, 3.8) is 0 Å². The van der Waals surface area contributed by atoms with Crippen molar-refractivity contribution in [2.75, 3.05) is 0 Å². The number of ketones is 1. The molecule has 0 aromatic heterocycles. The molecule has 0 radical (unpaired) electrons. The van der Waals surface area contributed by atoms with Crippen LogP contribution in [0.3, 0.4) is 0 Å². The van der Waals surface area contributed by atoms with Gasteiger partial charge >= 0.3 is 0 Å². The largest absolute Gasteiger partial charge is 0.289 e. The molecule has 0 amide bonds. The molecule has 0 heterocycles. The second-order valence-electron chi connectivity index (χ2n) is 4.39. The van der Waals surface area contributed by atoms with Crippen LogP contribution in [0.2, 0.25) is 0 Å². The van der Waals surface area contributed by atoms with Crippen molar-refractivity contribution in [3.05, 3.63) is 70.8 Å². The minimum absolute atomic E-state index is 0.120. The Morgan fingerprint density at radius 1 is 0.944 bits per heavy atom. The van der Waals surface area contributed by atoms with E-state index in [4.69, 9.17) is 0 Å². The molecule has 0 unspecified atom stereocenters. The van der Waals surface area contributed by atoms with Crippen LogP contribution in [0, 0.1) is 0 Å². The number of carbonyl (C=O) groups is 1. The molecule has 0 spiro atoms. The molecule has 0 atom stereocenters. The monoisotopic (exact) mass is 238 g/mol. The van der Waals surface area contributed by atoms with Crippen molar-refractivity contribution < 1.29 is 4.79 Å². The van der Waals surface area contributed by atoms with Gasteiger partial charge in [0.15, 0.2) is 5.78 Å². The molecule has 92 valence electrons. The average Bonchev–Trinajstić information content (AvgIpc) is 2.46. The lowest BCUT2D eigenvalue weighted by atomic mass is 9.94. The summed E-state index contributed by atoms with van der Waals surface area (Å²) in [5, 5.41) is 0. The van der Waals surface area contributed by atoms with Gasteiger partial charge in [0.2, 0.25) is 0 Å². The van der Waals surface area contributed by atoms with Crippen LogP contribution in [0.4, 0.5) is 0 Å². The topological polar surface area (TPSA) is 17.1 Å². The van der Waals surface area contributed by atoms with Gasteiger partial charge in [0.05, 0.1) is 0 Å². The highest BCUT2D eigenvalue weighted by Crippen LogP contribution is 2.17. The van der Waals surface area contributed by atoms with Crippen molar-refractivity contribution >= 4 is 5.78 Å². The van der Waals surface area contributed by atoms with Gasteiger partial charge in [-0.15, -0.1) is 0 Å². The maximum atomic E-state index is 12.4. The maximum absolute atomic E-state index is 12.4. The fraction of sp³-hybridized carbons (Fsp3) is 0.235. The molecule has 1 heteroatoms. The van der Waals surface area contributed by atoms with Crippen molar-refractivity contribution in [3.8, 4) is 0 Å². The smallest absolute Gasteiger partial charge is 0.193 e. The molecule has 0 saturated carbocycles. The molecule has 0 fully saturated rings. The maximum Gasteiger partial charge on any atom is 0.193 e. The molecule has 0 aliphatic carbocycles. The van der Waals surface area contributed by atoms with Gasteiger partial charge in [-0.1, -0.05) is 62.4 Å². The molecular formula is C17H18O. The van der Waals surface area contributed by atoms with E-state index in [2.05, 4.69) is 26.0 Å². The van der Waals surface area contributed by atoms with Crippen LogP contribution in [-0.4, -0.2) is 5.78 Å². The standard InChI is InChI=1S/C17H18O/c1-3-13-10-11-16(14(4-2)12-13)17(18)15-8-6-5-7-9-15/h5-12H,3-4H2,1-2H3. The first-order chi connectivity index (χ1) is 8.76. The van der Waals surface area contributed by atoms with Gasteiger partial charge in [-0.25, -0.2) is 0 Å². The second-order valence-corrected chi connectivity index (χ2v) is 4.39. The summed E-state index contributed by atoms with van der Waals surface area (Å²) in [5.41, 5.74) is 4.03. The van der Waals surface area contributed by atoms with Crippen LogP contribution in [0.15, 0.2) is 48.5 Å². The number of hydrogen-bond acceptors (Lipinski definition) is 1. The summed E-state index contributed by atoms with van der Waals surface area (Å²) in [4.78, 5) is 12.4. The Kier molecular flexibility index (Phi) is 3.93. The zero-order valence-electron chi connectivity index (χ0n) is 10.9. The Labute approximate surface area is 108 Å². The van der Waals surface area contributed by atoms with Gasteiger partial charge < -0.3 is 0 Å². The van der Waals surface area contributed by atoms with Gasteiger partial charge in [0.1, 0.15) is 0 Å². The van der Waals surface area contributed by atoms with Crippen molar-refractivity contribution in [1.29, 1.82) is 0 Å². The van der Waals surface area contributed by atoms with E-state index in [-0.39, 0.29) is 5.78 Å². The lowest BCUT2D eigenvalue weighted by molar-refractivity contribution is 0.103. The van der Waals surface area contributed by atoms with Gasteiger partial charge in [0.25, 0.3) is 0 Å². The van der Waals surface area contributed by atoms with E-state index in [1.807, 2.05) is 36.4 Å². The Morgan fingerprint density at radius 2 is 1.67 bits per heavy atom. The molecule has 0 aliphatic heterocycles. The van der Waals surface area contributed by atoms with Gasteiger partial charge in [-0.2, -0.15) is 0 Å². The minimum Gasteiger partial charge on any atom is -0.289 e. The quantitative estimate of drug-likeness (QED) is 0.735. The summed E-state index contributed by atoms with van der Waals surface area (Å²) < 4.78 is 0. The van der Waals surface area contributed by atoms with Gasteiger partial charge in [0, 0.05) is 11.1 Å². The summed E-state index contributed by atoms with van der Waals surface area (Å²) in [5.74, 6) is 0.120. The summed E-state index contributed by atoms with van der Waals surface area (Å²) in [6.07, 6.45) is 1.90. The average molecular weight is 238 g/mol. The summed E-state index contributed by atoms with van der Waals surface area (Å²) in [6, 6.07) is 15.6. The Bertz CT molecular complexity index is 541. The first-order valence-electron chi connectivity index (χ1n) is 6.47. The van der Waals surface area contributed by atoms with Crippen LogP contribution < -0.4 is 0 Å². The molecule has 0 aliphatic rings. The molecule has 1 nitrogen and oxygen atoms in total. The van der Waals surface area contributed by atoms with Crippen molar-refractivity contribution in [2.24, 2.45) is 0 Å². The Hall–Kier alpha value is -1.89. The fourth-order valence-electron chi connectivity index (χ4n) is 2.13. The summed E-state index contributed by atoms with van der Waals surface area (Å²) >= 11 is 0. The third-order valence-corrected chi connectivity index (χ3v) is 3.24. The molecule has 2 aromatic rings. The molecule has 0 N–H and O–H groups in total. The second kappa shape index (κ2) is 5.63. The Morgan fingerprint density at radius 3 is 2.28 bits per heavy atom. The fourth-order valence-corrected chi connectivity index (χ4v) is 2.13. The predicted molar refractivity (Wildman–Crippen MR) is 75.1 cm³/mol. The number of rotatable bonds is 4. The van der Waals surface area contributed by atoms with Crippen LogP contribution >= 0.6 is 0 Å². The van der Waals surface area contributed by atoms with Crippen molar-refractivity contribution in [2.45, 2.75) is 26.7 Å². The first-order valence-corrected chi connectivity index (χ1v) is 6.47. The SMILES string of the molecule is CCc1ccc(C(=O)c2ccccc2)c(CC)c1. The molecule has 0 bridgehead atoms. The zero-order chi connectivity index (χ0) is 13.0.